The Morgan fingerprint density at radius 3 is 2.61 bits per heavy atom. The fraction of sp³-hybridized carbons (Fsp3) is 0.182. The molecule has 2 N–H and O–H groups in total. The van der Waals surface area contributed by atoms with Gasteiger partial charge in [0.15, 0.2) is 0 Å². The maximum atomic E-state index is 13.1. The van der Waals surface area contributed by atoms with Crippen LogP contribution < -0.4 is 0 Å². The van der Waals surface area contributed by atoms with Gasteiger partial charge in [-0.15, -0.1) is 0 Å². The zero-order valence-corrected chi connectivity index (χ0v) is 16.2. The first-order valence-corrected chi connectivity index (χ1v) is 9.29. The van der Waals surface area contributed by atoms with E-state index < -0.39 is 11.4 Å². The Bertz CT molecular complexity index is 1140. The molecule has 142 valence electrons. The fourth-order valence-corrected chi connectivity index (χ4v) is 4.09. The number of H-pyrrole nitrogens is 1. The van der Waals surface area contributed by atoms with Gasteiger partial charge in [0.1, 0.15) is 0 Å². The summed E-state index contributed by atoms with van der Waals surface area (Å²) >= 11 is 6.03. The number of carboxylic acid groups (broad SMARTS) is 1. The summed E-state index contributed by atoms with van der Waals surface area (Å²) in [6.45, 7) is 4.37. The van der Waals surface area contributed by atoms with Crippen molar-refractivity contribution < 1.29 is 14.7 Å². The molecule has 0 radical (unpaired) electrons. The first kappa shape index (κ1) is 18.3. The third-order valence-corrected chi connectivity index (χ3v) is 5.30. The topological polar surface area (TPSA) is 73.4 Å². The van der Waals surface area contributed by atoms with Crippen molar-refractivity contribution in [3.8, 4) is 0 Å². The zero-order chi connectivity index (χ0) is 20.1. The van der Waals surface area contributed by atoms with Crippen LogP contribution in [0.1, 0.15) is 35.5 Å². The van der Waals surface area contributed by atoms with E-state index in [-0.39, 0.29) is 11.5 Å². The minimum atomic E-state index is -1.09. The molecular weight excluding hydrogens is 376 g/mol. The van der Waals surface area contributed by atoms with Crippen LogP contribution in [0.2, 0.25) is 5.02 Å². The van der Waals surface area contributed by atoms with E-state index in [1.165, 1.54) is 11.1 Å². The number of carboxylic acids is 1. The van der Waals surface area contributed by atoms with E-state index in [0.717, 1.165) is 16.5 Å². The zero-order valence-electron chi connectivity index (χ0n) is 15.5. The molecule has 0 aliphatic carbocycles. The first-order chi connectivity index (χ1) is 13.3. The molecule has 1 aliphatic rings. The molecule has 0 atom stereocenters. The van der Waals surface area contributed by atoms with Crippen LogP contribution in [0, 0.1) is 0 Å². The van der Waals surface area contributed by atoms with Crippen molar-refractivity contribution in [2.75, 3.05) is 6.54 Å². The highest BCUT2D eigenvalue weighted by atomic mass is 35.5. The molecule has 0 saturated carbocycles. The Balaban J connectivity index is 1.90. The van der Waals surface area contributed by atoms with E-state index in [1.54, 1.807) is 24.3 Å². The van der Waals surface area contributed by atoms with Gasteiger partial charge in [-0.05, 0) is 29.8 Å². The van der Waals surface area contributed by atoms with Crippen LogP contribution >= 0.6 is 11.6 Å². The van der Waals surface area contributed by atoms with Crippen LogP contribution in [-0.2, 0) is 10.2 Å². The molecular formula is C22H19ClN2O3. The predicted octanol–water partition coefficient (Wildman–Crippen LogP) is 4.68. The summed E-state index contributed by atoms with van der Waals surface area (Å²) in [5, 5.41) is 11.3. The summed E-state index contributed by atoms with van der Waals surface area (Å²) in [6.07, 6.45) is 1.43. The molecule has 6 heteroatoms. The lowest BCUT2D eigenvalue weighted by Gasteiger charge is -2.29. The van der Waals surface area contributed by atoms with E-state index >= 15 is 0 Å². The Hall–Kier alpha value is -3.05. The van der Waals surface area contributed by atoms with Gasteiger partial charge in [0, 0.05) is 39.6 Å². The van der Waals surface area contributed by atoms with E-state index in [2.05, 4.69) is 4.98 Å². The second-order valence-corrected chi connectivity index (χ2v) is 8.03. The second kappa shape index (κ2) is 6.53. The molecule has 0 saturated heterocycles. The fourth-order valence-electron chi connectivity index (χ4n) is 3.90. The molecule has 0 fully saturated rings. The molecule has 4 rings (SSSR count). The molecule has 2 heterocycles. The summed E-state index contributed by atoms with van der Waals surface area (Å²) in [6, 6.07) is 14.4. The number of nitrogens with one attached hydrogen (secondary N) is 1. The molecule has 0 bridgehead atoms. The van der Waals surface area contributed by atoms with E-state index in [0.29, 0.717) is 22.8 Å². The molecule has 0 spiro atoms. The van der Waals surface area contributed by atoms with Crippen LogP contribution in [0.4, 0.5) is 0 Å². The third kappa shape index (κ3) is 2.98. The molecule has 2 aromatic carbocycles. The maximum Gasteiger partial charge on any atom is 0.339 e. The number of halogens is 1. The monoisotopic (exact) mass is 394 g/mol. The Labute approximate surface area is 167 Å². The number of nitrogens with zero attached hydrogens (tertiary/aromatic N) is 1. The Morgan fingerprint density at radius 2 is 1.89 bits per heavy atom. The average Bonchev–Trinajstić information content (AvgIpc) is 2.98. The van der Waals surface area contributed by atoms with Gasteiger partial charge in [0.25, 0.3) is 5.91 Å². The van der Waals surface area contributed by atoms with Gasteiger partial charge < -0.3 is 15.0 Å². The van der Waals surface area contributed by atoms with E-state index in [1.807, 2.05) is 38.1 Å². The van der Waals surface area contributed by atoms with Crippen molar-refractivity contribution in [3.05, 3.63) is 76.6 Å². The number of aliphatic carboxylic acids is 1. The summed E-state index contributed by atoms with van der Waals surface area (Å²) in [5.74, 6) is -1.38. The van der Waals surface area contributed by atoms with Crippen LogP contribution in [0.5, 0.6) is 0 Å². The number of rotatable bonds is 2. The number of hydrogen-bond acceptors (Lipinski definition) is 2. The quantitative estimate of drug-likeness (QED) is 0.662. The van der Waals surface area contributed by atoms with Gasteiger partial charge in [-0.25, -0.2) is 4.79 Å². The highest BCUT2D eigenvalue weighted by molar-refractivity contribution is 6.31. The van der Waals surface area contributed by atoms with Crippen molar-refractivity contribution in [1.29, 1.82) is 0 Å². The second-order valence-electron chi connectivity index (χ2n) is 7.60. The lowest BCUT2D eigenvalue weighted by atomic mass is 9.81. The number of aromatic nitrogens is 1. The normalized spacial score (nSPS) is 15.7. The summed E-state index contributed by atoms with van der Waals surface area (Å²) in [7, 11) is 0. The van der Waals surface area contributed by atoms with Crippen molar-refractivity contribution >= 4 is 40.0 Å². The van der Waals surface area contributed by atoms with Crippen molar-refractivity contribution in [2.45, 2.75) is 19.3 Å². The highest BCUT2D eigenvalue weighted by Crippen LogP contribution is 2.40. The number of para-hydroxylation sites is 1. The standard InChI is InChI=1S/C22H19ClN2O3/c1-22(2)12-25(20(26)13-6-5-7-14(23)10-13)11-16(21(27)28)19-18(22)15-8-3-4-9-17(15)24-19/h3-11,24H,12H2,1-2H3,(H,27,28). The van der Waals surface area contributed by atoms with Crippen LogP contribution in [-0.4, -0.2) is 33.4 Å². The summed E-state index contributed by atoms with van der Waals surface area (Å²) in [4.78, 5) is 29.9. The Morgan fingerprint density at radius 1 is 1.14 bits per heavy atom. The number of hydrogen-bond donors (Lipinski definition) is 2. The highest BCUT2D eigenvalue weighted by Gasteiger charge is 2.37. The van der Waals surface area contributed by atoms with E-state index in [9.17, 15) is 14.7 Å². The number of amides is 1. The average molecular weight is 395 g/mol. The SMILES string of the molecule is CC1(C)CN(C(=O)c2cccc(Cl)c2)C=C(C(=O)O)c2[nH]c3ccccc3c21. The molecule has 1 aliphatic heterocycles. The van der Waals surface area contributed by atoms with Gasteiger partial charge in [-0.2, -0.15) is 0 Å². The molecule has 3 aromatic rings. The smallest absolute Gasteiger partial charge is 0.339 e. The van der Waals surface area contributed by atoms with Crippen molar-refractivity contribution in [1.82, 2.24) is 9.88 Å². The van der Waals surface area contributed by atoms with Gasteiger partial charge in [0.05, 0.1) is 11.3 Å². The lowest BCUT2D eigenvalue weighted by molar-refractivity contribution is -0.130. The lowest BCUT2D eigenvalue weighted by Crippen LogP contribution is -2.36. The minimum Gasteiger partial charge on any atom is -0.478 e. The number of carbonyl (C=O) groups is 2. The number of aromatic amines is 1. The molecule has 1 aromatic heterocycles. The van der Waals surface area contributed by atoms with Crippen molar-refractivity contribution in [2.24, 2.45) is 0 Å². The van der Waals surface area contributed by atoms with Gasteiger partial charge >= 0.3 is 5.97 Å². The minimum absolute atomic E-state index is 0.0622. The van der Waals surface area contributed by atoms with Crippen LogP contribution in [0.3, 0.4) is 0 Å². The van der Waals surface area contributed by atoms with Crippen LogP contribution in [0.15, 0.2) is 54.7 Å². The molecule has 28 heavy (non-hydrogen) atoms. The number of fused-ring (bicyclic) bond motifs is 3. The molecule has 5 nitrogen and oxygen atoms in total. The van der Waals surface area contributed by atoms with Gasteiger partial charge in [-0.3, -0.25) is 4.79 Å². The van der Waals surface area contributed by atoms with E-state index in [4.69, 9.17) is 11.6 Å². The van der Waals surface area contributed by atoms with Crippen LogP contribution in [0.25, 0.3) is 16.5 Å². The number of carbonyl (C=O) groups excluding carboxylic acids is 1. The van der Waals surface area contributed by atoms with Gasteiger partial charge in [0.2, 0.25) is 0 Å². The van der Waals surface area contributed by atoms with Crippen molar-refractivity contribution in [3.63, 3.8) is 0 Å². The third-order valence-electron chi connectivity index (χ3n) is 5.07. The number of benzene rings is 2. The molecule has 0 unspecified atom stereocenters. The predicted molar refractivity (Wildman–Crippen MR) is 109 cm³/mol. The largest absolute Gasteiger partial charge is 0.478 e. The summed E-state index contributed by atoms with van der Waals surface area (Å²) < 4.78 is 0. The first-order valence-electron chi connectivity index (χ1n) is 8.91. The summed E-state index contributed by atoms with van der Waals surface area (Å²) in [5.41, 5.74) is 2.32. The Kier molecular flexibility index (Phi) is 4.27. The van der Waals surface area contributed by atoms with Gasteiger partial charge in [-0.1, -0.05) is 49.7 Å². The maximum absolute atomic E-state index is 13.1. The molecule has 1 amide bonds.